The molecule has 1 aliphatic rings. The minimum absolute atomic E-state index is 0.353. The number of alkyl halides is 3. The normalized spacial score (nSPS) is 18.9. The Morgan fingerprint density at radius 2 is 1.96 bits per heavy atom. The van der Waals surface area contributed by atoms with Crippen molar-refractivity contribution in [3.05, 3.63) is 53.7 Å². The first-order valence-corrected chi connectivity index (χ1v) is 9.59. The summed E-state index contributed by atoms with van der Waals surface area (Å²) < 4.78 is 9.08. The van der Waals surface area contributed by atoms with Crippen LogP contribution in [0.25, 0.3) is 0 Å². The van der Waals surface area contributed by atoms with Gasteiger partial charge in [-0.2, -0.15) is 0 Å². The smallest absolute Gasteiger partial charge is 0.416 e. The van der Waals surface area contributed by atoms with E-state index >= 15 is 0 Å². The molecule has 2 aromatic rings. The van der Waals surface area contributed by atoms with E-state index in [1.54, 1.807) is 6.20 Å². The fraction of sp³-hybridized carbons (Fsp3) is 0.368. The highest BCUT2D eigenvalue weighted by atomic mass is 35.6. The van der Waals surface area contributed by atoms with E-state index in [1.165, 1.54) is 4.90 Å². The van der Waals surface area contributed by atoms with Crippen molar-refractivity contribution >= 4 is 46.7 Å². The zero-order valence-corrected chi connectivity index (χ0v) is 17.2. The second kappa shape index (κ2) is 7.74. The lowest BCUT2D eigenvalue weighted by molar-refractivity contribution is 0.149. The highest BCUT2D eigenvalue weighted by Crippen LogP contribution is 2.44. The van der Waals surface area contributed by atoms with E-state index in [9.17, 15) is 4.79 Å². The molecule has 1 aromatic heterocycles. The van der Waals surface area contributed by atoms with Gasteiger partial charge in [-0.15, -0.1) is 0 Å². The van der Waals surface area contributed by atoms with Crippen molar-refractivity contribution < 1.29 is 14.3 Å². The van der Waals surface area contributed by atoms with Gasteiger partial charge >= 0.3 is 6.09 Å². The largest absolute Gasteiger partial charge is 0.494 e. The molecule has 0 spiro atoms. The number of benzene rings is 1. The maximum atomic E-state index is 12.9. The molecule has 3 rings (SSSR count). The molecule has 144 valence electrons. The van der Waals surface area contributed by atoms with Gasteiger partial charge in [-0.25, -0.2) is 9.78 Å². The first kappa shape index (κ1) is 20.1. The predicted octanol–water partition coefficient (Wildman–Crippen LogP) is 5.27. The summed E-state index contributed by atoms with van der Waals surface area (Å²) in [5.41, 5.74) is 1.18. The average molecular weight is 430 g/mol. The van der Waals surface area contributed by atoms with Crippen LogP contribution < -0.4 is 9.64 Å². The third kappa shape index (κ3) is 4.26. The fourth-order valence-corrected chi connectivity index (χ4v) is 3.42. The summed E-state index contributed by atoms with van der Waals surface area (Å²) in [5, 5.41) is 0. The van der Waals surface area contributed by atoms with Crippen LogP contribution in [-0.2, 0) is 16.7 Å². The van der Waals surface area contributed by atoms with E-state index in [4.69, 9.17) is 44.3 Å². The van der Waals surface area contributed by atoms with Gasteiger partial charge in [-0.05, 0) is 43.2 Å². The predicted molar refractivity (Wildman–Crippen MR) is 107 cm³/mol. The van der Waals surface area contributed by atoms with Crippen molar-refractivity contribution in [1.82, 2.24) is 4.98 Å². The van der Waals surface area contributed by atoms with Crippen molar-refractivity contribution in [3.63, 3.8) is 0 Å². The van der Waals surface area contributed by atoms with Crippen molar-refractivity contribution in [1.29, 1.82) is 0 Å². The third-order valence-corrected chi connectivity index (χ3v) is 4.76. The number of amides is 1. The van der Waals surface area contributed by atoms with E-state index in [-0.39, 0.29) is 6.61 Å². The van der Waals surface area contributed by atoms with Gasteiger partial charge in [0.15, 0.2) is 0 Å². The Kier molecular flexibility index (Phi) is 5.75. The van der Waals surface area contributed by atoms with Crippen molar-refractivity contribution in [3.8, 4) is 5.75 Å². The molecule has 0 bridgehead atoms. The molecule has 1 aromatic carbocycles. The van der Waals surface area contributed by atoms with E-state index in [2.05, 4.69) is 4.98 Å². The zero-order valence-electron chi connectivity index (χ0n) is 14.9. The van der Waals surface area contributed by atoms with Crippen LogP contribution in [0.15, 0.2) is 42.6 Å². The zero-order chi connectivity index (χ0) is 19.7. The fourth-order valence-electron chi connectivity index (χ4n) is 3.26. The number of carbonyl (C=O) groups excluding carboxylic acids is 1. The van der Waals surface area contributed by atoms with Crippen LogP contribution >= 0.6 is 34.8 Å². The summed E-state index contributed by atoms with van der Waals surface area (Å²) in [5.74, 6) is 1.31. The number of rotatable bonds is 4. The Bertz CT molecular complexity index is 824. The van der Waals surface area contributed by atoms with Gasteiger partial charge in [0, 0.05) is 12.6 Å². The minimum Gasteiger partial charge on any atom is -0.494 e. The van der Waals surface area contributed by atoms with Crippen LogP contribution in [-0.4, -0.2) is 28.1 Å². The van der Waals surface area contributed by atoms with Crippen LogP contribution in [0.5, 0.6) is 5.75 Å². The Balaban J connectivity index is 1.96. The molecule has 8 heteroatoms. The SMILES string of the molecule is CCOc1ccc(C2(C)Cc3cccnc3N2C(=O)OCC(Cl)(Cl)Cl)cc1. The summed E-state index contributed by atoms with van der Waals surface area (Å²) in [4.78, 5) is 18.8. The topological polar surface area (TPSA) is 51.7 Å². The number of carbonyl (C=O) groups is 1. The lowest BCUT2D eigenvalue weighted by atomic mass is 9.88. The minimum atomic E-state index is -1.68. The van der Waals surface area contributed by atoms with Gasteiger partial charge in [0.2, 0.25) is 3.79 Å². The molecule has 0 saturated carbocycles. The van der Waals surface area contributed by atoms with Gasteiger partial charge in [-0.1, -0.05) is 53.0 Å². The standard InChI is InChI=1S/C19H19Cl3N2O3/c1-3-26-15-8-6-14(7-9-15)18(2)11-13-5-4-10-23-16(13)24(18)17(25)27-12-19(20,21)22/h4-10H,3,11-12H2,1-2H3. The number of halogens is 3. The highest BCUT2D eigenvalue weighted by molar-refractivity contribution is 6.67. The van der Waals surface area contributed by atoms with E-state index in [0.717, 1.165) is 16.9 Å². The van der Waals surface area contributed by atoms with Gasteiger partial charge in [0.1, 0.15) is 18.2 Å². The van der Waals surface area contributed by atoms with Crippen LogP contribution in [0.4, 0.5) is 10.6 Å². The van der Waals surface area contributed by atoms with Crippen LogP contribution in [0.3, 0.4) is 0 Å². The summed E-state index contributed by atoms with van der Waals surface area (Å²) in [7, 11) is 0. The molecule has 0 aliphatic carbocycles. The molecule has 5 nitrogen and oxygen atoms in total. The molecule has 1 amide bonds. The van der Waals surface area contributed by atoms with E-state index in [0.29, 0.717) is 18.8 Å². The highest BCUT2D eigenvalue weighted by Gasteiger charge is 2.47. The first-order chi connectivity index (χ1) is 12.7. The number of hydrogen-bond donors (Lipinski definition) is 0. The first-order valence-electron chi connectivity index (χ1n) is 8.45. The maximum absolute atomic E-state index is 12.9. The monoisotopic (exact) mass is 428 g/mol. The molecule has 0 saturated heterocycles. The summed E-state index contributed by atoms with van der Waals surface area (Å²) in [6.07, 6.45) is 1.61. The molecular weight excluding hydrogens is 411 g/mol. The molecule has 2 heterocycles. The molecule has 0 N–H and O–H groups in total. The lowest BCUT2D eigenvalue weighted by Crippen LogP contribution is -2.46. The second-order valence-electron chi connectivity index (χ2n) is 6.40. The molecular formula is C19H19Cl3N2O3. The van der Waals surface area contributed by atoms with Crippen LogP contribution in [0.2, 0.25) is 0 Å². The number of anilines is 1. The number of fused-ring (bicyclic) bond motifs is 1. The molecule has 0 fully saturated rings. The quantitative estimate of drug-likeness (QED) is 0.622. The Morgan fingerprint density at radius 1 is 1.26 bits per heavy atom. The van der Waals surface area contributed by atoms with Crippen molar-refractivity contribution in [2.45, 2.75) is 29.6 Å². The van der Waals surface area contributed by atoms with Crippen molar-refractivity contribution in [2.75, 3.05) is 18.1 Å². The molecule has 1 unspecified atom stereocenters. The summed E-state index contributed by atoms with van der Waals surface area (Å²) >= 11 is 17.2. The number of nitrogens with zero attached hydrogens (tertiary/aromatic N) is 2. The van der Waals surface area contributed by atoms with Crippen LogP contribution in [0.1, 0.15) is 25.0 Å². The Morgan fingerprint density at radius 3 is 2.59 bits per heavy atom. The van der Waals surface area contributed by atoms with Gasteiger partial charge in [0.25, 0.3) is 0 Å². The number of pyridine rings is 1. The molecule has 0 radical (unpaired) electrons. The van der Waals surface area contributed by atoms with E-state index < -0.39 is 15.4 Å². The lowest BCUT2D eigenvalue weighted by Gasteiger charge is -2.35. The Labute approximate surface area is 173 Å². The summed E-state index contributed by atoms with van der Waals surface area (Å²) in [6, 6.07) is 11.4. The average Bonchev–Trinajstić information content (AvgIpc) is 2.93. The number of hydrogen-bond acceptors (Lipinski definition) is 4. The van der Waals surface area contributed by atoms with Crippen LogP contribution in [0, 0.1) is 0 Å². The van der Waals surface area contributed by atoms with Gasteiger partial charge in [-0.3, -0.25) is 4.90 Å². The number of ether oxygens (including phenoxy) is 2. The van der Waals surface area contributed by atoms with Gasteiger partial charge < -0.3 is 9.47 Å². The summed E-state index contributed by atoms with van der Waals surface area (Å²) in [6.45, 7) is 4.12. The Hall–Kier alpha value is -1.69. The molecule has 1 atom stereocenters. The van der Waals surface area contributed by atoms with Crippen molar-refractivity contribution in [2.24, 2.45) is 0 Å². The maximum Gasteiger partial charge on any atom is 0.416 e. The number of aromatic nitrogens is 1. The second-order valence-corrected chi connectivity index (χ2v) is 8.92. The van der Waals surface area contributed by atoms with Gasteiger partial charge in [0.05, 0.1) is 12.1 Å². The molecule has 27 heavy (non-hydrogen) atoms. The third-order valence-electron chi connectivity index (χ3n) is 4.44. The van der Waals surface area contributed by atoms with E-state index in [1.807, 2.05) is 50.2 Å². The molecule has 1 aliphatic heterocycles.